The summed E-state index contributed by atoms with van der Waals surface area (Å²) in [7, 11) is 2.17. The van der Waals surface area contributed by atoms with Crippen LogP contribution >= 0.6 is 0 Å². The predicted octanol–water partition coefficient (Wildman–Crippen LogP) is 4.11. The van der Waals surface area contributed by atoms with Crippen LogP contribution < -0.4 is 0 Å². The number of benzene rings is 1. The van der Waals surface area contributed by atoms with Gasteiger partial charge in [0.2, 0.25) is 5.89 Å². The fourth-order valence-corrected chi connectivity index (χ4v) is 4.23. The lowest BCUT2D eigenvalue weighted by Crippen LogP contribution is -2.43. The van der Waals surface area contributed by atoms with Crippen molar-refractivity contribution >= 4 is 0 Å². The summed E-state index contributed by atoms with van der Waals surface area (Å²) in [6.45, 7) is 10.9. The second kappa shape index (κ2) is 10.2. The molecule has 0 aliphatic carbocycles. The highest BCUT2D eigenvalue weighted by Crippen LogP contribution is 2.28. The molecular weight excluding hydrogens is 464 g/mol. The molecule has 9 heteroatoms. The first-order valence-electron chi connectivity index (χ1n) is 12.4. The van der Waals surface area contributed by atoms with Crippen molar-refractivity contribution in [1.29, 1.82) is 5.26 Å². The Morgan fingerprint density at radius 3 is 2.43 bits per heavy atom. The van der Waals surface area contributed by atoms with Crippen molar-refractivity contribution < 1.29 is 4.42 Å². The SMILES string of the molecule is Cc1ncc(-c2ccnc(C(C)(C)C#N)c2)nc1-c1nnc(-c2ccc(CN3CCN(C)CC3)cc2)o1. The maximum atomic E-state index is 9.48. The molecule has 0 amide bonds. The van der Waals surface area contributed by atoms with Crippen LogP contribution in [0, 0.1) is 18.3 Å². The highest BCUT2D eigenvalue weighted by atomic mass is 16.4. The highest BCUT2D eigenvalue weighted by Gasteiger charge is 2.23. The van der Waals surface area contributed by atoms with Gasteiger partial charge in [0, 0.05) is 50.0 Å². The van der Waals surface area contributed by atoms with Gasteiger partial charge in [0.15, 0.2) is 0 Å². The number of nitriles is 1. The Balaban J connectivity index is 1.36. The van der Waals surface area contributed by atoms with E-state index in [1.165, 1.54) is 5.56 Å². The molecule has 0 spiro atoms. The first-order chi connectivity index (χ1) is 17.8. The molecule has 1 fully saturated rings. The van der Waals surface area contributed by atoms with Gasteiger partial charge in [-0.05, 0) is 57.6 Å². The van der Waals surface area contributed by atoms with E-state index in [4.69, 9.17) is 9.40 Å². The summed E-state index contributed by atoms with van der Waals surface area (Å²) < 4.78 is 6.03. The summed E-state index contributed by atoms with van der Waals surface area (Å²) in [6.07, 6.45) is 3.39. The van der Waals surface area contributed by atoms with Crippen LogP contribution in [0.5, 0.6) is 0 Å². The van der Waals surface area contributed by atoms with Gasteiger partial charge in [-0.15, -0.1) is 10.2 Å². The first-order valence-corrected chi connectivity index (χ1v) is 12.4. The Hall–Kier alpha value is -4.00. The summed E-state index contributed by atoms with van der Waals surface area (Å²) in [5.41, 5.74) is 4.77. The van der Waals surface area contributed by atoms with Crippen LogP contribution in [-0.2, 0) is 12.0 Å². The number of piperazine rings is 1. The molecule has 9 nitrogen and oxygen atoms in total. The van der Waals surface area contributed by atoms with Crippen LogP contribution in [0.2, 0.25) is 0 Å². The average molecular weight is 495 g/mol. The third-order valence-corrected chi connectivity index (χ3v) is 6.76. The van der Waals surface area contributed by atoms with Crippen molar-refractivity contribution in [3.8, 4) is 40.4 Å². The minimum absolute atomic E-state index is 0.315. The Bertz CT molecular complexity index is 1430. The average Bonchev–Trinajstić information content (AvgIpc) is 3.41. The zero-order chi connectivity index (χ0) is 26.0. The molecule has 0 saturated carbocycles. The number of aromatic nitrogens is 5. The van der Waals surface area contributed by atoms with Gasteiger partial charge < -0.3 is 9.32 Å². The summed E-state index contributed by atoms with van der Waals surface area (Å²) in [5, 5.41) is 18.0. The normalized spacial score (nSPS) is 15.0. The van der Waals surface area contributed by atoms with Gasteiger partial charge in [0.1, 0.15) is 5.69 Å². The Morgan fingerprint density at radius 2 is 1.70 bits per heavy atom. The van der Waals surface area contributed by atoms with Crippen molar-refractivity contribution in [2.45, 2.75) is 32.7 Å². The Kier molecular flexibility index (Phi) is 6.78. The van der Waals surface area contributed by atoms with E-state index < -0.39 is 5.41 Å². The van der Waals surface area contributed by atoms with Gasteiger partial charge >= 0.3 is 0 Å². The van der Waals surface area contributed by atoms with E-state index in [9.17, 15) is 5.26 Å². The lowest BCUT2D eigenvalue weighted by Gasteiger charge is -2.32. The lowest BCUT2D eigenvalue weighted by molar-refractivity contribution is 0.148. The molecule has 4 aromatic rings. The smallest absolute Gasteiger partial charge is 0.268 e. The van der Waals surface area contributed by atoms with Gasteiger partial charge in [-0.2, -0.15) is 5.26 Å². The molecule has 37 heavy (non-hydrogen) atoms. The molecule has 1 saturated heterocycles. The van der Waals surface area contributed by atoms with Crippen LogP contribution in [0.15, 0.2) is 53.2 Å². The van der Waals surface area contributed by atoms with Crippen LogP contribution in [0.25, 0.3) is 34.3 Å². The second-order valence-corrected chi connectivity index (χ2v) is 10.0. The number of hydrogen-bond donors (Lipinski definition) is 0. The van der Waals surface area contributed by atoms with Gasteiger partial charge in [0.25, 0.3) is 5.89 Å². The summed E-state index contributed by atoms with van der Waals surface area (Å²) >= 11 is 0. The maximum absolute atomic E-state index is 9.48. The summed E-state index contributed by atoms with van der Waals surface area (Å²) in [5.74, 6) is 0.754. The molecule has 3 aromatic heterocycles. The number of nitrogens with zero attached hydrogens (tertiary/aromatic N) is 8. The van der Waals surface area contributed by atoms with E-state index in [-0.39, 0.29) is 0 Å². The van der Waals surface area contributed by atoms with Gasteiger partial charge in [-0.1, -0.05) is 12.1 Å². The molecule has 0 atom stereocenters. The quantitative estimate of drug-likeness (QED) is 0.391. The van der Waals surface area contributed by atoms with Gasteiger partial charge in [-0.25, -0.2) is 4.98 Å². The molecule has 1 aliphatic heterocycles. The summed E-state index contributed by atoms with van der Waals surface area (Å²) in [4.78, 5) is 18.5. The number of likely N-dealkylation sites (N-methyl/N-ethyl adjacent to an activating group) is 1. The third kappa shape index (κ3) is 5.40. The second-order valence-electron chi connectivity index (χ2n) is 10.0. The molecular formula is C28H30N8O. The van der Waals surface area contributed by atoms with Crippen LogP contribution in [0.1, 0.15) is 30.8 Å². The molecule has 5 rings (SSSR count). The van der Waals surface area contributed by atoms with E-state index in [1.54, 1.807) is 12.4 Å². The van der Waals surface area contributed by atoms with E-state index in [2.05, 4.69) is 55.2 Å². The van der Waals surface area contributed by atoms with E-state index in [0.717, 1.165) is 43.9 Å². The van der Waals surface area contributed by atoms with Gasteiger partial charge in [0.05, 0.1) is 34.8 Å². The van der Waals surface area contributed by atoms with E-state index >= 15 is 0 Å². The highest BCUT2D eigenvalue weighted by molar-refractivity contribution is 5.64. The van der Waals surface area contributed by atoms with Gasteiger partial charge in [-0.3, -0.25) is 14.9 Å². The first kappa shape index (κ1) is 24.7. The fourth-order valence-electron chi connectivity index (χ4n) is 4.23. The van der Waals surface area contributed by atoms with Crippen molar-refractivity contribution in [1.82, 2.24) is 34.9 Å². The van der Waals surface area contributed by atoms with Crippen LogP contribution in [0.4, 0.5) is 0 Å². The molecule has 0 unspecified atom stereocenters. The molecule has 1 aliphatic rings. The molecule has 0 bridgehead atoms. The number of rotatable bonds is 6. The molecule has 0 N–H and O–H groups in total. The van der Waals surface area contributed by atoms with Crippen molar-refractivity contribution in [2.75, 3.05) is 33.2 Å². The number of hydrogen-bond acceptors (Lipinski definition) is 9. The minimum atomic E-state index is -0.710. The van der Waals surface area contributed by atoms with E-state index in [0.29, 0.717) is 34.6 Å². The third-order valence-electron chi connectivity index (χ3n) is 6.76. The summed E-state index contributed by atoms with van der Waals surface area (Å²) in [6, 6.07) is 14.3. The van der Waals surface area contributed by atoms with Crippen molar-refractivity contribution in [3.63, 3.8) is 0 Å². The zero-order valence-electron chi connectivity index (χ0n) is 21.6. The molecule has 4 heterocycles. The standard InChI is InChI=1S/C28H30N8O/c1-19-25(32-23(16-31-19)22-9-10-30-24(15-22)28(2,3)18-29)27-34-33-26(37-27)21-7-5-20(6-8-21)17-36-13-11-35(4)12-14-36/h5-10,15-16H,11-14,17H2,1-4H3. The lowest BCUT2D eigenvalue weighted by atomic mass is 9.90. The molecule has 188 valence electrons. The number of aryl methyl sites for hydroxylation is 1. The minimum Gasteiger partial charge on any atom is -0.415 e. The van der Waals surface area contributed by atoms with Crippen LogP contribution in [-0.4, -0.2) is 68.2 Å². The zero-order valence-corrected chi connectivity index (χ0v) is 21.6. The van der Waals surface area contributed by atoms with Crippen molar-refractivity contribution in [3.05, 3.63) is 65.7 Å². The molecule has 0 radical (unpaired) electrons. The fraction of sp³-hybridized carbons (Fsp3) is 0.357. The van der Waals surface area contributed by atoms with Crippen LogP contribution in [0.3, 0.4) is 0 Å². The van der Waals surface area contributed by atoms with Crippen molar-refractivity contribution in [2.24, 2.45) is 0 Å². The topological polar surface area (TPSA) is 108 Å². The predicted molar refractivity (Wildman–Crippen MR) is 140 cm³/mol. The Labute approximate surface area is 216 Å². The largest absolute Gasteiger partial charge is 0.415 e. The number of pyridine rings is 1. The maximum Gasteiger partial charge on any atom is 0.268 e. The van der Waals surface area contributed by atoms with E-state index in [1.807, 2.05) is 45.0 Å². The molecule has 1 aromatic carbocycles. The Morgan fingerprint density at radius 1 is 0.973 bits per heavy atom. The monoisotopic (exact) mass is 494 g/mol.